The van der Waals surface area contributed by atoms with Crippen LogP contribution in [0.15, 0.2) is 60.2 Å². The molecule has 0 N–H and O–H groups in total. The summed E-state index contributed by atoms with van der Waals surface area (Å²) in [5.41, 5.74) is 6.95. The van der Waals surface area contributed by atoms with Crippen molar-refractivity contribution in [1.82, 2.24) is 0 Å². The van der Waals surface area contributed by atoms with Gasteiger partial charge in [-0.2, -0.15) is 41.5 Å². The Bertz CT molecular complexity index is 666. The molecule has 152 valence electrons. The number of hydrogen-bond donors (Lipinski definition) is 0. The van der Waals surface area contributed by atoms with Crippen LogP contribution in [0.3, 0.4) is 0 Å². The van der Waals surface area contributed by atoms with Gasteiger partial charge in [-0.05, 0) is 17.4 Å². The molecule has 0 atom stereocenters. The van der Waals surface area contributed by atoms with Gasteiger partial charge in [-0.25, -0.2) is 6.08 Å². The minimum atomic E-state index is 0. The maximum absolute atomic E-state index is 3.30. The van der Waals surface area contributed by atoms with Crippen LogP contribution in [0.2, 0.25) is 0 Å². The van der Waals surface area contributed by atoms with Gasteiger partial charge in [0.2, 0.25) is 0 Å². The number of halogens is 2. The van der Waals surface area contributed by atoms with Crippen molar-refractivity contribution in [1.29, 1.82) is 0 Å². The summed E-state index contributed by atoms with van der Waals surface area (Å²) >= 11 is 0. The normalized spacial score (nSPS) is 11.0. The van der Waals surface area contributed by atoms with Crippen molar-refractivity contribution in [3.05, 3.63) is 90.9 Å². The van der Waals surface area contributed by atoms with Crippen LogP contribution in [0.1, 0.15) is 45.2 Å². The smallest absolute Gasteiger partial charge is 0.358 e. The van der Waals surface area contributed by atoms with Crippen LogP contribution in [0.25, 0.3) is 11.1 Å². The van der Waals surface area contributed by atoms with Crippen molar-refractivity contribution in [3.63, 3.8) is 0 Å². The summed E-state index contributed by atoms with van der Waals surface area (Å²) in [5, 5.41) is 0. The molecule has 2 aliphatic carbocycles. The topological polar surface area (TPSA) is 0 Å². The second kappa shape index (κ2) is 18.6. The molecule has 0 aromatic heterocycles. The quantitative estimate of drug-likeness (QED) is 0.257. The van der Waals surface area contributed by atoms with E-state index in [0.717, 1.165) is 12.8 Å². The Morgan fingerprint density at radius 2 is 1.54 bits per heavy atom. The van der Waals surface area contributed by atoms with Gasteiger partial charge < -0.3 is 7.43 Å². The molecule has 4 rings (SSSR count). The molecule has 2 radical (unpaired) electrons. The van der Waals surface area contributed by atoms with Crippen molar-refractivity contribution in [3.8, 4) is 11.1 Å². The van der Waals surface area contributed by atoms with E-state index in [9.17, 15) is 0 Å². The zero-order chi connectivity index (χ0) is 16.7. The van der Waals surface area contributed by atoms with Crippen molar-refractivity contribution in [2.75, 3.05) is 0 Å². The Kier molecular flexibility index (Phi) is 23.3. The Morgan fingerprint density at radius 3 is 2.07 bits per heavy atom. The Hall–Kier alpha value is -0.400. The first-order chi connectivity index (χ1) is 11.3. The molecule has 28 heavy (non-hydrogen) atoms. The first-order valence-electron chi connectivity index (χ1n) is 8.60. The summed E-state index contributed by atoms with van der Waals surface area (Å²) < 4.78 is 0. The van der Waals surface area contributed by atoms with Gasteiger partial charge in [0, 0.05) is 0 Å². The molecule has 0 aliphatic heterocycles. The van der Waals surface area contributed by atoms with Crippen LogP contribution >= 0.6 is 24.8 Å². The molecule has 0 nitrogen and oxygen atoms in total. The number of hydrogen-bond acceptors (Lipinski definition) is 0. The van der Waals surface area contributed by atoms with E-state index in [-0.39, 0.29) is 69.4 Å². The average Bonchev–Trinajstić information content (AvgIpc) is 3.25. The second-order valence-corrected chi connectivity index (χ2v) is 5.81. The summed E-state index contributed by atoms with van der Waals surface area (Å²) in [5.74, 6) is 0.685. The number of fused-ring (bicyclic) bond motifs is 3. The van der Waals surface area contributed by atoms with E-state index in [4.69, 9.17) is 0 Å². The summed E-state index contributed by atoms with van der Waals surface area (Å²) in [4.78, 5) is 0. The van der Waals surface area contributed by atoms with Gasteiger partial charge >= 0.3 is 26.2 Å². The van der Waals surface area contributed by atoms with Crippen LogP contribution in [-0.2, 0) is 32.6 Å². The fourth-order valence-electron chi connectivity index (χ4n) is 2.81. The van der Waals surface area contributed by atoms with E-state index in [1.807, 2.05) is 19.9 Å². The summed E-state index contributed by atoms with van der Waals surface area (Å²) in [6.07, 6.45) is 9.52. The molecular formula is C24H34Cl2SiZr. The van der Waals surface area contributed by atoms with Gasteiger partial charge in [0.05, 0.1) is 0 Å². The average molecular weight is 513 g/mol. The standard InChI is InChI=1S/C13H9.C8H11.C2H6.CH3.2ClH.H3Si.Zr/c1-3-7-12-10(5-1)9-11-6-2-4-8-13(11)12;1-7(2)8-5-3-4-6-8;1-2;;;;;/h1-5,7-8H,9H2;5-7H,3H2,1-2H3;1-2H3;1H3;2*1H;1H3;/q2*-1;;-1;;;;+3. The van der Waals surface area contributed by atoms with Crippen LogP contribution in [0.4, 0.5) is 0 Å². The van der Waals surface area contributed by atoms with E-state index in [0.29, 0.717) is 5.92 Å². The zero-order valence-corrected chi connectivity index (χ0v) is 24.1. The molecule has 2 aromatic carbocycles. The van der Waals surface area contributed by atoms with Crippen LogP contribution < -0.4 is 0 Å². The Labute approximate surface area is 209 Å². The second-order valence-electron chi connectivity index (χ2n) is 5.81. The SMILES string of the molecule is CC.CC(C)C1=CC[C-]=C1.Cl.Cl.[CH3-].[SiH3].[Zr+3].[c-]1cccc2c1Cc1ccccc1-2. The van der Waals surface area contributed by atoms with E-state index < -0.39 is 0 Å². The molecule has 0 bridgehead atoms. The maximum Gasteiger partial charge on any atom is 3.00 e. The summed E-state index contributed by atoms with van der Waals surface area (Å²) in [6, 6.07) is 18.1. The third-order valence-electron chi connectivity index (χ3n) is 4.01. The summed E-state index contributed by atoms with van der Waals surface area (Å²) in [6.45, 7) is 8.41. The van der Waals surface area contributed by atoms with Crippen molar-refractivity contribution in [2.45, 2.75) is 40.5 Å². The first kappa shape index (κ1) is 35.1. The molecule has 0 spiro atoms. The fraction of sp³-hybridized carbons (Fsp3) is 0.292. The minimum Gasteiger partial charge on any atom is -0.358 e. The van der Waals surface area contributed by atoms with E-state index in [1.165, 1.54) is 27.8 Å². The van der Waals surface area contributed by atoms with Crippen molar-refractivity contribution in [2.24, 2.45) is 5.92 Å². The van der Waals surface area contributed by atoms with Gasteiger partial charge in [0.1, 0.15) is 0 Å². The predicted molar refractivity (Wildman–Crippen MR) is 131 cm³/mol. The van der Waals surface area contributed by atoms with Gasteiger partial charge in [-0.3, -0.25) is 6.08 Å². The Morgan fingerprint density at radius 1 is 0.929 bits per heavy atom. The molecule has 2 aliphatic rings. The van der Waals surface area contributed by atoms with Gasteiger partial charge in [-0.15, -0.1) is 36.8 Å². The number of benzene rings is 2. The molecule has 2 aromatic rings. The molecule has 0 amide bonds. The van der Waals surface area contributed by atoms with Crippen LogP contribution in [-0.4, -0.2) is 11.0 Å². The molecule has 0 fully saturated rings. The van der Waals surface area contributed by atoms with E-state index in [2.05, 4.69) is 74.5 Å². The van der Waals surface area contributed by atoms with Crippen molar-refractivity contribution >= 4 is 35.8 Å². The van der Waals surface area contributed by atoms with E-state index >= 15 is 0 Å². The molecule has 0 unspecified atom stereocenters. The molecule has 0 heterocycles. The minimum absolute atomic E-state index is 0. The van der Waals surface area contributed by atoms with Gasteiger partial charge in [-0.1, -0.05) is 69.0 Å². The number of rotatable bonds is 1. The van der Waals surface area contributed by atoms with Gasteiger partial charge in [0.15, 0.2) is 0 Å². The molecule has 4 heteroatoms. The van der Waals surface area contributed by atoms with Crippen molar-refractivity contribution < 1.29 is 26.2 Å². The third kappa shape index (κ3) is 9.40. The molecule has 0 saturated carbocycles. The monoisotopic (exact) mass is 510 g/mol. The fourth-order valence-corrected chi connectivity index (χ4v) is 2.81. The molecule has 0 saturated heterocycles. The van der Waals surface area contributed by atoms with E-state index in [1.54, 1.807) is 0 Å². The Balaban J connectivity index is -0.000000173. The predicted octanol–water partition coefficient (Wildman–Crippen LogP) is 6.52. The van der Waals surface area contributed by atoms with Crippen LogP contribution in [0.5, 0.6) is 0 Å². The maximum atomic E-state index is 3.30. The van der Waals surface area contributed by atoms with Crippen LogP contribution in [0, 0.1) is 25.5 Å². The third-order valence-corrected chi connectivity index (χ3v) is 4.01. The first-order valence-corrected chi connectivity index (χ1v) is 8.60. The van der Waals surface area contributed by atoms with Gasteiger partial charge in [0.25, 0.3) is 0 Å². The molecular weight excluding hydrogens is 478 g/mol. The summed E-state index contributed by atoms with van der Waals surface area (Å²) in [7, 11) is 0. The number of allylic oxidation sites excluding steroid dienone is 4. The zero-order valence-electron chi connectivity index (χ0n) is 18.0. The largest absolute Gasteiger partial charge is 3.00 e.